The summed E-state index contributed by atoms with van der Waals surface area (Å²) >= 11 is 11.8. The lowest BCUT2D eigenvalue weighted by Crippen LogP contribution is -3.00. The molecule has 7 aromatic heterocycles. The second-order valence-corrected chi connectivity index (χ2v) is 28.5. The van der Waals surface area contributed by atoms with Gasteiger partial charge in [0.1, 0.15) is 34.9 Å². The molecule has 1 saturated heterocycles. The highest BCUT2D eigenvalue weighted by molar-refractivity contribution is 6.61. The van der Waals surface area contributed by atoms with Gasteiger partial charge in [0.05, 0.1) is 139 Å². The van der Waals surface area contributed by atoms with Crippen LogP contribution >= 0.6 is 23.2 Å². The highest BCUT2D eigenvalue weighted by Gasteiger charge is 2.53. The molecule has 0 radical (unpaired) electrons. The van der Waals surface area contributed by atoms with Crippen LogP contribution in [0.3, 0.4) is 0 Å². The SMILES string of the molecule is CC(C)(O)[C@H](F)CNC(=O)c1cnc(-c2ccc3cc(C#N)ccn23)cc1Nc1ccc(C(N)=O)cc1.CC(C)(O)[C@H](F)CNC(=O)c1cnc(Cl)cc1Nc1ccc(C#N)cc1.CC(C)(O)[C@H](F)CNC(=O)c1cnc(Cl)cc1Nc1ccc(C(N)=O)cc1.CC1(C)OB(c2ccc3cc(C#N)cnn23)OC1(C)C.[I-]. The normalized spacial score (nSPS) is 13.5. The number of carbonyl (C=O) groups excluding carboxylic acids is 5. The van der Waals surface area contributed by atoms with Crippen molar-refractivity contribution in [1.82, 2.24) is 44.9 Å². The molecule has 10 aromatic rings. The third-order valence-electron chi connectivity index (χ3n) is 17.4. The molecule has 578 valence electrons. The van der Waals surface area contributed by atoms with E-state index in [2.05, 4.69) is 64.1 Å². The number of aromatic nitrogens is 6. The molecule has 111 heavy (non-hydrogen) atoms. The lowest BCUT2D eigenvalue weighted by molar-refractivity contribution is -0.00209. The van der Waals surface area contributed by atoms with Crippen LogP contribution in [0.5, 0.6) is 0 Å². The summed E-state index contributed by atoms with van der Waals surface area (Å²) in [5.41, 5.74) is 14.4. The first-order chi connectivity index (χ1) is 51.7. The van der Waals surface area contributed by atoms with E-state index < -0.39 is 72.0 Å². The van der Waals surface area contributed by atoms with Crippen molar-refractivity contribution in [2.24, 2.45) is 11.5 Å². The van der Waals surface area contributed by atoms with Gasteiger partial charge in [-0.15, -0.1) is 0 Å². The Hall–Kier alpha value is -11.3. The molecule has 0 saturated carbocycles. The third kappa shape index (κ3) is 23.2. The largest absolute Gasteiger partial charge is 1.00 e. The summed E-state index contributed by atoms with van der Waals surface area (Å²) in [7, 11) is -0.456. The lowest BCUT2D eigenvalue weighted by Gasteiger charge is -2.32. The number of carbonyl (C=O) groups is 5. The summed E-state index contributed by atoms with van der Waals surface area (Å²) < 4.78 is 57.6. The number of anilines is 6. The summed E-state index contributed by atoms with van der Waals surface area (Å²) in [6, 6.07) is 42.9. The first-order valence-electron chi connectivity index (χ1n) is 33.8. The zero-order valence-electron chi connectivity index (χ0n) is 61.7. The number of nitrogens with one attached hydrogen (secondary N) is 6. The minimum Gasteiger partial charge on any atom is -1.00 e. The number of fused-ring (bicyclic) bond motifs is 2. The molecule has 13 N–H and O–H groups in total. The van der Waals surface area contributed by atoms with Crippen LogP contribution in [0.25, 0.3) is 22.4 Å². The summed E-state index contributed by atoms with van der Waals surface area (Å²) in [6.45, 7) is 14.9. The van der Waals surface area contributed by atoms with Gasteiger partial charge in [-0.2, -0.15) is 20.9 Å². The number of primary amides is 2. The van der Waals surface area contributed by atoms with Gasteiger partial charge in [0.25, 0.3) is 17.7 Å². The lowest BCUT2D eigenvalue weighted by atomic mass is 9.85. The number of amides is 5. The van der Waals surface area contributed by atoms with Gasteiger partial charge < -0.3 is 96.4 Å². The average Bonchev–Trinajstić information content (AvgIpc) is 1.62. The number of nitrogens with zero attached hydrogens (tertiary/aromatic N) is 9. The number of nitrogens with two attached hydrogens (primary N) is 2. The second kappa shape index (κ2) is 37.0. The number of rotatable bonds is 22. The first kappa shape index (κ1) is 87.0. The topological polar surface area (TPSA) is 420 Å². The monoisotopic (exact) mass is 1670 g/mol. The Labute approximate surface area is 664 Å². The summed E-state index contributed by atoms with van der Waals surface area (Å²) in [6.07, 6.45) is 2.29. The maximum Gasteiger partial charge on any atom is 0.514 e. The Balaban J connectivity index is 0.000000210. The first-order valence-corrected chi connectivity index (χ1v) is 34.6. The molecule has 0 bridgehead atoms. The molecule has 11 rings (SSSR count). The maximum absolute atomic E-state index is 14.2. The van der Waals surface area contributed by atoms with Crippen molar-refractivity contribution in [3.8, 4) is 29.6 Å². The van der Waals surface area contributed by atoms with Crippen molar-refractivity contribution in [3.05, 3.63) is 219 Å². The van der Waals surface area contributed by atoms with Gasteiger partial charge in [0.15, 0.2) is 0 Å². The highest BCUT2D eigenvalue weighted by atomic mass is 127. The number of benzene rings is 3. The van der Waals surface area contributed by atoms with E-state index in [0.29, 0.717) is 67.6 Å². The van der Waals surface area contributed by atoms with Gasteiger partial charge >= 0.3 is 7.12 Å². The van der Waals surface area contributed by atoms with E-state index in [4.69, 9.17) is 59.8 Å². The summed E-state index contributed by atoms with van der Waals surface area (Å²) in [5.74, 6) is -2.84. The van der Waals surface area contributed by atoms with Gasteiger partial charge in [0, 0.05) is 58.5 Å². The Kier molecular flexibility index (Phi) is 29.0. The van der Waals surface area contributed by atoms with E-state index in [-0.39, 0.29) is 81.8 Å². The predicted octanol–water partition coefficient (Wildman–Crippen LogP) is 7.67. The minimum absolute atomic E-state index is 0. The fraction of sp³-hybridized carbons (Fsp3) is 0.273. The zero-order chi connectivity index (χ0) is 80.8. The minimum atomic E-state index is -1.67. The quantitative estimate of drug-likeness (QED) is 0.0176. The molecule has 8 heterocycles. The second-order valence-electron chi connectivity index (χ2n) is 27.7. The fourth-order valence-electron chi connectivity index (χ4n) is 10.0. The van der Waals surface area contributed by atoms with Crippen molar-refractivity contribution in [2.75, 3.05) is 35.6 Å². The Bertz CT molecular complexity index is 5140. The number of aliphatic hydroxyl groups is 3. The molecule has 27 nitrogen and oxygen atoms in total. The van der Waals surface area contributed by atoms with E-state index in [9.17, 15) is 52.5 Å². The molecule has 3 aromatic carbocycles. The van der Waals surface area contributed by atoms with E-state index in [1.807, 2.05) is 62.4 Å². The van der Waals surface area contributed by atoms with Crippen molar-refractivity contribution in [1.29, 1.82) is 15.8 Å². The van der Waals surface area contributed by atoms with Crippen molar-refractivity contribution in [3.63, 3.8) is 0 Å². The predicted molar refractivity (Wildman–Crippen MR) is 411 cm³/mol. The van der Waals surface area contributed by atoms with Crippen molar-refractivity contribution < 1.29 is 85.7 Å². The molecular formula is C77H79BCl2F3IN17O10-. The van der Waals surface area contributed by atoms with E-state index in [0.717, 1.165) is 22.3 Å². The standard InChI is InChI=1S/C27H25FN6O3.C18H20ClFN4O3.C18H18ClFN4O2.C14H16BN3O2.HI/c1-27(2,37)24(28)15-32-26(36)20-14-31-22(23-8-7-19-11-16(13-29)9-10-34(19)23)12-21(20)33-18-5-3-17(4-6-18)25(30)35;1-18(2,27)14(20)9-23-17(26)12-8-22-15(19)7-13(12)24-11-5-3-10(4-6-11)16(21)25;1-18(2,26)15(20)10-23-17(25)13-9-22-16(19)7-14(13)24-12-5-3-11(8-21)4-6-12;1-13(2)14(3,4)20-15(19-13)12-6-5-11-7-10(8-16)9-17-18(11)12;/h3-12,14,24,37H,15H2,1-2H3,(H2,30,35)(H,31,33)(H,32,36);3-8,14,27H,9H2,1-2H3,(H2,21,25)(H,22,24)(H,23,26);3-7,9,15,26H,10H2,1-2H3,(H,22,24)(H,23,25);5-7,9H,1-4H3;1H/p-1/t24-;14-;15-;;/m111../s1. The number of pyridine rings is 4. The Morgan fingerprint density at radius 3 is 1.30 bits per heavy atom. The van der Waals surface area contributed by atoms with Crippen LogP contribution < -0.4 is 72.9 Å². The van der Waals surface area contributed by atoms with E-state index >= 15 is 0 Å². The average molecular weight is 1670 g/mol. The number of hydrogen-bond donors (Lipinski definition) is 11. The molecular weight excluding hydrogens is 1590 g/mol. The van der Waals surface area contributed by atoms with Gasteiger partial charge in [-0.25, -0.2) is 27.7 Å². The van der Waals surface area contributed by atoms with Crippen LogP contribution in [-0.2, 0) is 9.31 Å². The summed E-state index contributed by atoms with van der Waals surface area (Å²) in [5, 5.41) is 77.1. The molecule has 1 fully saturated rings. The molecule has 1 aliphatic rings. The molecule has 0 spiro atoms. The van der Waals surface area contributed by atoms with Gasteiger partial charge in [-0.1, -0.05) is 23.2 Å². The van der Waals surface area contributed by atoms with Crippen LogP contribution in [0.1, 0.15) is 138 Å². The third-order valence-corrected chi connectivity index (χ3v) is 17.8. The zero-order valence-corrected chi connectivity index (χ0v) is 65.3. The van der Waals surface area contributed by atoms with Gasteiger partial charge in [-0.3, -0.25) is 29.0 Å². The van der Waals surface area contributed by atoms with Crippen molar-refractivity contribution >= 4 is 111 Å². The van der Waals surface area contributed by atoms with Crippen LogP contribution in [0.15, 0.2) is 164 Å². The Morgan fingerprint density at radius 2 is 0.901 bits per heavy atom. The fourth-order valence-corrected chi connectivity index (χ4v) is 10.3. The molecule has 3 atom stereocenters. The van der Waals surface area contributed by atoms with Crippen molar-refractivity contribution in [2.45, 2.75) is 116 Å². The molecule has 1 aliphatic heterocycles. The molecule has 0 unspecified atom stereocenters. The number of hydrogen-bond acceptors (Lipinski definition) is 20. The maximum atomic E-state index is 14.2. The number of alkyl halides is 3. The number of nitriles is 3. The van der Waals surface area contributed by atoms with Crippen LogP contribution in [-0.4, -0.2) is 147 Å². The van der Waals surface area contributed by atoms with E-state index in [1.54, 1.807) is 102 Å². The molecule has 5 amide bonds. The Morgan fingerprint density at radius 1 is 0.523 bits per heavy atom. The smallest absolute Gasteiger partial charge is 0.514 e. The number of halogens is 6. The van der Waals surface area contributed by atoms with Gasteiger partial charge in [-0.05, 0) is 203 Å². The highest BCUT2D eigenvalue weighted by Crippen LogP contribution is 2.37. The van der Waals surface area contributed by atoms with Crippen LogP contribution in [0.2, 0.25) is 10.3 Å². The van der Waals surface area contributed by atoms with Crippen LogP contribution in [0, 0.1) is 34.0 Å². The van der Waals surface area contributed by atoms with Gasteiger partial charge in [0.2, 0.25) is 11.8 Å². The van der Waals surface area contributed by atoms with E-state index in [1.165, 1.54) is 84.4 Å². The van der Waals surface area contributed by atoms with Crippen LogP contribution in [0.4, 0.5) is 47.3 Å². The molecule has 0 aliphatic carbocycles. The molecule has 34 heteroatoms. The summed E-state index contributed by atoms with van der Waals surface area (Å²) in [4.78, 5) is 72.5.